The molecule has 4 rings (SSSR count). The Hall–Kier alpha value is -2.88. The summed E-state index contributed by atoms with van der Waals surface area (Å²) in [5, 5.41) is 9.58. The monoisotopic (exact) mass is 441 g/mol. The highest BCUT2D eigenvalue weighted by Crippen LogP contribution is 2.36. The highest BCUT2D eigenvalue weighted by molar-refractivity contribution is 5.98. The molecule has 3 nitrogen and oxygen atoms in total. The van der Waals surface area contributed by atoms with Crippen molar-refractivity contribution in [2.75, 3.05) is 26.8 Å². The molecule has 0 aromatic heterocycles. The second-order valence-electron chi connectivity index (χ2n) is 9.02. The second kappa shape index (κ2) is 11.3. The predicted molar refractivity (Wildman–Crippen MR) is 137 cm³/mol. The van der Waals surface area contributed by atoms with Crippen LogP contribution in [-0.2, 0) is 0 Å². The minimum absolute atomic E-state index is 0.180. The van der Waals surface area contributed by atoms with Gasteiger partial charge in [0.25, 0.3) is 0 Å². The summed E-state index contributed by atoms with van der Waals surface area (Å²) in [6.45, 7) is 4.20. The van der Waals surface area contributed by atoms with Crippen LogP contribution in [0, 0.1) is 6.92 Å². The third kappa shape index (κ3) is 5.93. The molecule has 1 saturated heterocycles. The summed E-state index contributed by atoms with van der Waals surface area (Å²) < 4.78 is 6.14. The Balaban J connectivity index is 1.69. The largest absolute Gasteiger partial charge is 0.492 e. The van der Waals surface area contributed by atoms with Gasteiger partial charge in [0.1, 0.15) is 12.4 Å². The topological polar surface area (TPSA) is 32.7 Å². The summed E-state index contributed by atoms with van der Waals surface area (Å²) in [7, 11) is 2.18. The first-order valence-corrected chi connectivity index (χ1v) is 12.1. The Bertz CT molecular complexity index is 1040. The van der Waals surface area contributed by atoms with Gasteiger partial charge < -0.3 is 14.7 Å². The van der Waals surface area contributed by atoms with Crippen molar-refractivity contribution in [1.29, 1.82) is 0 Å². The standard InChI is InChI=1S/C30H35NO2/c1-23-12-14-25(15-13-23)30(29(11-7-21-32)24-8-4-3-5-9-24)26-16-18-28(19-17-26)33-22-27-10-6-20-31(27)2/h3-5,8-9,12-19,27,32H,6-7,10-11,20-22H2,1-2H3/b30-29-. The highest BCUT2D eigenvalue weighted by Gasteiger charge is 2.21. The summed E-state index contributed by atoms with van der Waals surface area (Å²) in [5.41, 5.74) is 7.28. The molecule has 3 aromatic carbocycles. The molecule has 0 bridgehead atoms. The number of hydrogen-bond donors (Lipinski definition) is 1. The van der Waals surface area contributed by atoms with Gasteiger partial charge in [0.2, 0.25) is 0 Å². The molecular weight excluding hydrogens is 406 g/mol. The number of likely N-dealkylation sites (N-methyl/N-ethyl adjacent to an activating group) is 1. The lowest BCUT2D eigenvalue weighted by Crippen LogP contribution is -2.30. The van der Waals surface area contributed by atoms with Gasteiger partial charge in [0.05, 0.1) is 0 Å². The van der Waals surface area contributed by atoms with Crippen LogP contribution in [0.5, 0.6) is 5.75 Å². The number of rotatable bonds is 9. The number of benzene rings is 3. The average Bonchev–Trinajstić information content (AvgIpc) is 3.27. The summed E-state index contributed by atoms with van der Waals surface area (Å²) in [6.07, 6.45) is 4.01. The SMILES string of the molecule is Cc1ccc(/C(=C(\CCCO)c2ccccc2)c2ccc(OCC3CCCN3C)cc2)cc1. The van der Waals surface area contributed by atoms with Crippen LogP contribution in [0.2, 0.25) is 0 Å². The normalized spacial score (nSPS) is 17.1. The first-order valence-electron chi connectivity index (χ1n) is 12.1. The fourth-order valence-electron chi connectivity index (χ4n) is 4.64. The molecule has 3 heteroatoms. The molecule has 1 unspecified atom stereocenters. The predicted octanol–water partition coefficient (Wildman–Crippen LogP) is 6.20. The van der Waals surface area contributed by atoms with Crippen molar-refractivity contribution in [1.82, 2.24) is 4.90 Å². The van der Waals surface area contributed by atoms with Gasteiger partial charge in [0, 0.05) is 12.6 Å². The van der Waals surface area contributed by atoms with Crippen LogP contribution >= 0.6 is 0 Å². The van der Waals surface area contributed by atoms with Crippen LogP contribution in [0.4, 0.5) is 0 Å². The van der Waals surface area contributed by atoms with Gasteiger partial charge in [-0.05, 0) is 86.2 Å². The van der Waals surface area contributed by atoms with Crippen molar-refractivity contribution in [2.24, 2.45) is 0 Å². The van der Waals surface area contributed by atoms with Gasteiger partial charge in [-0.15, -0.1) is 0 Å². The summed E-state index contributed by atoms with van der Waals surface area (Å²) in [6, 6.07) is 28.3. The molecular formula is C30H35NO2. The Morgan fingerprint density at radius 1 is 0.909 bits per heavy atom. The first-order chi connectivity index (χ1) is 16.2. The minimum Gasteiger partial charge on any atom is -0.492 e. The van der Waals surface area contributed by atoms with Gasteiger partial charge in [0.15, 0.2) is 0 Å². The van der Waals surface area contributed by atoms with Crippen molar-refractivity contribution in [3.8, 4) is 5.75 Å². The number of allylic oxidation sites excluding steroid dienone is 1. The maximum absolute atomic E-state index is 9.58. The Morgan fingerprint density at radius 3 is 2.18 bits per heavy atom. The zero-order valence-electron chi connectivity index (χ0n) is 19.8. The van der Waals surface area contributed by atoms with Gasteiger partial charge in [-0.25, -0.2) is 0 Å². The van der Waals surface area contributed by atoms with Crippen LogP contribution in [0.25, 0.3) is 11.1 Å². The zero-order valence-corrected chi connectivity index (χ0v) is 19.8. The molecule has 0 radical (unpaired) electrons. The average molecular weight is 442 g/mol. The smallest absolute Gasteiger partial charge is 0.119 e. The molecule has 3 aromatic rings. The minimum atomic E-state index is 0.180. The molecule has 1 heterocycles. The molecule has 172 valence electrons. The number of likely N-dealkylation sites (tertiary alicyclic amines) is 1. The number of aryl methyl sites for hydroxylation is 1. The molecule has 1 fully saturated rings. The number of ether oxygens (including phenoxy) is 1. The lowest BCUT2D eigenvalue weighted by molar-refractivity contribution is 0.198. The molecule has 1 aliphatic rings. The molecule has 0 amide bonds. The van der Waals surface area contributed by atoms with E-state index in [-0.39, 0.29) is 6.61 Å². The van der Waals surface area contributed by atoms with Crippen LogP contribution in [-0.4, -0.2) is 42.9 Å². The van der Waals surface area contributed by atoms with E-state index in [9.17, 15) is 5.11 Å². The summed E-state index contributed by atoms with van der Waals surface area (Å²) in [5.74, 6) is 0.916. The molecule has 1 atom stereocenters. The van der Waals surface area contributed by atoms with Crippen molar-refractivity contribution < 1.29 is 9.84 Å². The van der Waals surface area contributed by atoms with E-state index < -0.39 is 0 Å². The number of nitrogens with zero attached hydrogens (tertiary/aromatic N) is 1. The van der Waals surface area contributed by atoms with Gasteiger partial charge in [-0.3, -0.25) is 0 Å². The van der Waals surface area contributed by atoms with E-state index in [1.54, 1.807) is 0 Å². The van der Waals surface area contributed by atoms with E-state index in [0.717, 1.165) is 31.7 Å². The Kier molecular flexibility index (Phi) is 7.98. The van der Waals surface area contributed by atoms with Gasteiger partial charge in [-0.2, -0.15) is 0 Å². The zero-order chi connectivity index (χ0) is 23.0. The van der Waals surface area contributed by atoms with Crippen LogP contribution < -0.4 is 4.74 Å². The van der Waals surface area contributed by atoms with Crippen LogP contribution in [0.1, 0.15) is 47.9 Å². The lowest BCUT2D eigenvalue weighted by Gasteiger charge is -2.20. The maximum atomic E-state index is 9.58. The molecule has 0 saturated carbocycles. The second-order valence-corrected chi connectivity index (χ2v) is 9.02. The van der Waals surface area contributed by atoms with E-state index in [1.165, 1.54) is 46.2 Å². The van der Waals surface area contributed by atoms with E-state index in [2.05, 4.69) is 91.7 Å². The number of aliphatic hydroxyl groups excluding tert-OH is 1. The molecule has 1 aliphatic heterocycles. The number of hydrogen-bond acceptors (Lipinski definition) is 3. The van der Waals surface area contributed by atoms with E-state index >= 15 is 0 Å². The maximum Gasteiger partial charge on any atom is 0.119 e. The van der Waals surface area contributed by atoms with E-state index in [0.29, 0.717) is 6.04 Å². The summed E-state index contributed by atoms with van der Waals surface area (Å²) in [4.78, 5) is 2.39. The van der Waals surface area contributed by atoms with Crippen LogP contribution in [0.3, 0.4) is 0 Å². The van der Waals surface area contributed by atoms with Gasteiger partial charge >= 0.3 is 0 Å². The van der Waals surface area contributed by atoms with Crippen molar-refractivity contribution in [2.45, 2.75) is 38.6 Å². The summed E-state index contributed by atoms with van der Waals surface area (Å²) >= 11 is 0. The van der Waals surface area contributed by atoms with E-state index in [1.807, 2.05) is 6.07 Å². The quantitative estimate of drug-likeness (QED) is 0.401. The molecule has 1 N–H and O–H groups in total. The molecule has 0 spiro atoms. The van der Waals surface area contributed by atoms with Crippen molar-refractivity contribution >= 4 is 11.1 Å². The third-order valence-corrected chi connectivity index (χ3v) is 6.61. The fourth-order valence-corrected chi connectivity index (χ4v) is 4.64. The Morgan fingerprint density at radius 2 is 1.58 bits per heavy atom. The third-order valence-electron chi connectivity index (χ3n) is 6.61. The fraction of sp³-hybridized carbons (Fsp3) is 0.333. The molecule has 0 aliphatic carbocycles. The first kappa shape index (κ1) is 23.3. The van der Waals surface area contributed by atoms with E-state index in [4.69, 9.17) is 4.74 Å². The number of aliphatic hydroxyl groups is 1. The van der Waals surface area contributed by atoms with Crippen LogP contribution in [0.15, 0.2) is 78.9 Å². The highest BCUT2D eigenvalue weighted by atomic mass is 16.5. The van der Waals surface area contributed by atoms with Crippen molar-refractivity contribution in [3.05, 3.63) is 101 Å². The Labute approximate surface area is 198 Å². The van der Waals surface area contributed by atoms with Gasteiger partial charge in [-0.1, -0.05) is 72.3 Å². The van der Waals surface area contributed by atoms with Crippen molar-refractivity contribution in [3.63, 3.8) is 0 Å². The molecule has 33 heavy (non-hydrogen) atoms. The lowest BCUT2D eigenvalue weighted by atomic mass is 9.87.